The second-order valence-corrected chi connectivity index (χ2v) is 10.3. The number of nitrogens with two attached hydrogens (primary N) is 2. The van der Waals surface area contributed by atoms with Crippen LogP contribution < -0.4 is 11.5 Å². The summed E-state index contributed by atoms with van der Waals surface area (Å²) < 4.78 is 0. The van der Waals surface area contributed by atoms with Crippen LogP contribution in [0.4, 0.5) is 0 Å². The van der Waals surface area contributed by atoms with Crippen LogP contribution in [0.5, 0.6) is 0 Å². The van der Waals surface area contributed by atoms with E-state index in [0.29, 0.717) is 6.04 Å². The highest BCUT2D eigenvalue weighted by molar-refractivity contribution is 8.03. The molecule has 1 amide bonds. The Kier molecular flexibility index (Phi) is 5.75. The normalized spacial score (nSPS) is 37.3. The molecule has 3 aliphatic heterocycles. The van der Waals surface area contributed by atoms with Crippen molar-refractivity contribution in [3.63, 3.8) is 0 Å². The van der Waals surface area contributed by atoms with Gasteiger partial charge in [0.2, 0.25) is 5.91 Å². The van der Waals surface area contributed by atoms with Crippen LogP contribution in [0.2, 0.25) is 0 Å². The number of β-lactam (4-membered cyclic amide) rings is 1. The lowest BCUT2D eigenvalue weighted by molar-refractivity contribution is -0.163. The third-order valence-corrected chi connectivity index (χ3v) is 8.54. The van der Waals surface area contributed by atoms with Crippen LogP contribution in [-0.2, 0) is 9.59 Å². The van der Waals surface area contributed by atoms with E-state index in [4.69, 9.17) is 11.5 Å². The zero-order valence-electron chi connectivity index (χ0n) is 17.4. The molecule has 0 radical (unpaired) electrons. The largest absolute Gasteiger partial charge is 0.477 e. The molecule has 0 aromatic heterocycles. The van der Waals surface area contributed by atoms with Crippen molar-refractivity contribution in [2.24, 2.45) is 28.3 Å². The summed E-state index contributed by atoms with van der Waals surface area (Å²) in [6.45, 7) is 5.44. The van der Waals surface area contributed by atoms with E-state index in [1.165, 1.54) is 4.90 Å². The topological polar surface area (TPSA) is 145 Å². The summed E-state index contributed by atoms with van der Waals surface area (Å²) in [7, 11) is 0. The van der Waals surface area contributed by atoms with Gasteiger partial charge in [0.1, 0.15) is 5.70 Å². The average molecular weight is 438 g/mol. The molecule has 1 saturated carbocycles. The number of hydrogen-bond acceptors (Lipinski definition) is 6. The van der Waals surface area contributed by atoms with Crippen LogP contribution in [0.3, 0.4) is 0 Å². The molecule has 2 saturated heterocycles. The monoisotopic (exact) mass is 437 g/mol. The predicted molar refractivity (Wildman–Crippen MR) is 114 cm³/mol. The number of thioether (sulfide) groups is 1. The quantitative estimate of drug-likeness (QED) is 0.261. The molecule has 0 spiro atoms. The Hall–Kier alpha value is -1.78. The first-order chi connectivity index (χ1) is 14.2. The molecule has 0 unspecified atom stereocenters. The molecule has 0 bridgehead atoms. The lowest BCUT2D eigenvalue weighted by atomic mass is 9.79. The van der Waals surface area contributed by atoms with E-state index < -0.39 is 18.0 Å². The number of nitrogens with zero attached hydrogens (tertiary/aromatic N) is 3. The standard InChI is InChI=1S/C20H31N5O4S/c1-9-15-14(10(2)26)18(27)25(15)16(19(28)29)17(9)30-13-5-6-24(8-13)12-4-3-11(7-12)23-20(21)22/h9-15,26H,3-8H2,1-2H3,(H,28,29)(H4,21,22,23)/t9-,10-,11-,12+,13-,14-,15-/m1/s1. The number of rotatable bonds is 6. The van der Waals surface area contributed by atoms with Gasteiger partial charge >= 0.3 is 5.97 Å². The smallest absolute Gasteiger partial charge is 0.353 e. The first kappa shape index (κ1) is 21.5. The summed E-state index contributed by atoms with van der Waals surface area (Å²) in [5, 5.41) is 20.1. The number of aliphatic imine (C=N–C) groups is 1. The van der Waals surface area contributed by atoms with Gasteiger partial charge in [-0.1, -0.05) is 6.92 Å². The van der Waals surface area contributed by atoms with Crippen molar-refractivity contribution in [1.82, 2.24) is 9.80 Å². The average Bonchev–Trinajstić information content (AvgIpc) is 3.34. The van der Waals surface area contributed by atoms with E-state index in [-0.39, 0.29) is 40.8 Å². The molecule has 30 heavy (non-hydrogen) atoms. The highest BCUT2D eigenvalue weighted by atomic mass is 32.2. The molecule has 7 atom stereocenters. The van der Waals surface area contributed by atoms with Gasteiger partial charge in [0, 0.05) is 28.7 Å². The van der Waals surface area contributed by atoms with Crippen LogP contribution in [0, 0.1) is 11.8 Å². The Bertz CT molecular complexity index is 796. The van der Waals surface area contributed by atoms with Crippen LogP contribution in [0.25, 0.3) is 0 Å². The molecule has 4 aliphatic rings. The maximum absolute atomic E-state index is 12.5. The number of carbonyl (C=O) groups is 2. The number of aliphatic carboxylic acids is 1. The molecule has 9 nitrogen and oxygen atoms in total. The SMILES string of the molecule is C[C@@H](O)[C@H]1C(=O)N2C(C(=O)O)=C(S[C@@H]3CCN([C@H]4CC[C@@H](N=C(N)N)C4)C3)[C@H](C)[C@H]12. The number of aliphatic hydroxyl groups is 1. The van der Waals surface area contributed by atoms with E-state index in [0.717, 1.165) is 43.7 Å². The molecule has 3 heterocycles. The van der Waals surface area contributed by atoms with Crippen LogP contribution in [0.1, 0.15) is 39.5 Å². The molecule has 0 aromatic carbocycles. The van der Waals surface area contributed by atoms with Gasteiger partial charge in [-0.15, -0.1) is 11.8 Å². The minimum absolute atomic E-state index is 0.0785. The lowest BCUT2D eigenvalue weighted by Crippen LogP contribution is -2.63. The Labute approximate surface area is 180 Å². The number of aliphatic hydroxyl groups excluding tert-OH is 1. The Morgan fingerprint density at radius 2 is 2.03 bits per heavy atom. The third kappa shape index (κ3) is 3.58. The van der Waals surface area contributed by atoms with Crippen molar-refractivity contribution in [2.45, 2.75) is 69.0 Å². The number of carboxylic acids is 1. The summed E-state index contributed by atoms with van der Waals surface area (Å²) in [4.78, 5) is 33.4. The summed E-state index contributed by atoms with van der Waals surface area (Å²) in [5.74, 6) is -1.79. The first-order valence-corrected chi connectivity index (χ1v) is 11.5. The molecular formula is C20H31N5O4S. The van der Waals surface area contributed by atoms with Gasteiger partial charge in [-0.2, -0.15) is 0 Å². The number of guanidine groups is 1. The molecule has 10 heteroatoms. The summed E-state index contributed by atoms with van der Waals surface area (Å²) in [6.07, 6.45) is 3.22. The summed E-state index contributed by atoms with van der Waals surface area (Å²) in [6, 6.07) is 0.396. The highest BCUT2D eigenvalue weighted by Crippen LogP contribution is 2.52. The van der Waals surface area contributed by atoms with Crippen molar-refractivity contribution in [3.05, 3.63) is 10.6 Å². The fourth-order valence-corrected chi connectivity index (χ4v) is 7.13. The van der Waals surface area contributed by atoms with E-state index in [2.05, 4.69) is 9.89 Å². The Morgan fingerprint density at radius 1 is 1.30 bits per heavy atom. The molecular weight excluding hydrogens is 406 g/mol. The lowest BCUT2D eigenvalue weighted by Gasteiger charge is -2.46. The van der Waals surface area contributed by atoms with Crippen molar-refractivity contribution in [2.75, 3.05) is 13.1 Å². The fourth-order valence-electron chi connectivity index (χ4n) is 5.63. The van der Waals surface area contributed by atoms with Crippen molar-refractivity contribution < 1.29 is 19.8 Å². The minimum Gasteiger partial charge on any atom is -0.477 e. The van der Waals surface area contributed by atoms with E-state index in [9.17, 15) is 19.8 Å². The van der Waals surface area contributed by atoms with Crippen molar-refractivity contribution in [3.8, 4) is 0 Å². The van der Waals surface area contributed by atoms with Crippen molar-refractivity contribution in [1.29, 1.82) is 0 Å². The summed E-state index contributed by atoms with van der Waals surface area (Å²) in [5.41, 5.74) is 11.1. The van der Waals surface area contributed by atoms with Crippen LogP contribution in [-0.4, -0.2) is 80.4 Å². The van der Waals surface area contributed by atoms with Gasteiger partial charge in [0.25, 0.3) is 0 Å². The van der Waals surface area contributed by atoms with Gasteiger partial charge in [-0.25, -0.2) is 4.79 Å². The third-order valence-electron chi connectivity index (χ3n) is 7.01. The zero-order chi connectivity index (χ0) is 21.7. The number of carboxylic acid groups (broad SMARTS) is 1. The number of hydrogen-bond donors (Lipinski definition) is 4. The minimum atomic E-state index is -1.06. The predicted octanol–water partition coefficient (Wildman–Crippen LogP) is 0.142. The fraction of sp³-hybridized carbons (Fsp3) is 0.750. The van der Waals surface area contributed by atoms with Gasteiger partial charge in [0.05, 0.1) is 24.1 Å². The van der Waals surface area contributed by atoms with Gasteiger partial charge < -0.3 is 26.6 Å². The van der Waals surface area contributed by atoms with Crippen LogP contribution in [0.15, 0.2) is 15.6 Å². The van der Waals surface area contributed by atoms with E-state index in [1.54, 1.807) is 18.7 Å². The highest BCUT2D eigenvalue weighted by Gasteiger charge is 2.60. The van der Waals surface area contributed by atoms with Gasteiger partial charge in [-0.3, -0.25) is 14.7 Å². The van der Waals surface area contributed by atoms with E-state index >= 15 is 0 Å². The molecule has 4 rings (SSSR count). The zero-order valence-corrected chi connectivity index (χ0v) is 18.2. The molecule has 3 fully saturated rings. The Morgan fingerprint density at radius 3 is 2.67 bits per heavy atom. The van der Waals surface area contributed by atoms with Crippen molar-refractivity contribution >= 4 is 29.6 Å². The second kappa shape index (κ2) is 8.05. The molecule has 1 aliphatic carbocycles. The number of likely N-dealkylation sites (tertiary alicyclic amines) is 1. The van der Waals surface area contributed by atoms with Gasteiger partial charge in [0.15, 0.2) is 5.96 Å². The van der Waals surface area contributed by atoms with E-state index in [1.807, 2.05) is 6.92 Å². The molecule has 0 aromatic rings. The number of amides is 1. The van der Waals surface area contributed by atoms with Crippen LogP contribution >= 0.6 is 11.8 Å². The first-order valence-electron chi connectivity index (χ1n) is 10.7. The maximum Gasteiger partial charge on any atom is 0.353 e. The molecule has 6 N–H and O–H groups in total. The maximum atomic E-state index is 12.5. The Balaban J connectivity index is 1.43. The molecule has 166 valence electrons. The summed E-state index contributed by atoms with van der Waals surface area (Å²) >= 11 is 1.61. The second-order valence-electron chi connectivity index (χ2n) is 8.97. The number of carbonyl (C=O) groups excluding carboxylic acids is 1. The number of fused-ring (bicyclic) bond motifs is 1. The van der Waals surface area contributed by atoms with Gasteiger partial charge in [-0.05, 0) is 39.2 Å².